The molecule has 30 heavy (non-hydrogen) atoms. The van der Waals surface area contributed by atoms with E-state index in [1.165, 1.54) is 49.0 Å². The Labute approximate surface area is 183 Å². The number of hydrogen-bond acceptors (Lipinski definition) is 2. The third-order valence-corrected chi connectivity index (χ3v) is 6.83. The van der Waals surface area contributed by atoms with E-state index in [1.54, 1.807) is 0 Å². The molecule has 1 aromatic carbocycles. The minimum Gasteiger partial charge on any atom is -0.352 e. The number of aromatic nitrogens is 2. The predicted molar refractivity (Wildman–Crippen MR) is 125 cm³/mol. The Balaban J connectivity index is 1.60. The van der Waals surface area contributed by atoms with Crippen LogP contribution in [-0.4, -0.2) is 25.6 Å². The molecule has 4 nitrogen and oxygen atoms in total. The molecule has 0 amide bonds. The van der Waals surface area contributed by atoms with E-state index in [2.05, 4.69) is 76.4 Å². The summed E-state index contributed by atoms with van der Waals surface area (Å²) >= 11 is 5.90. The van der Waals surface area contributed by atoms with E-state index in [4.69, 9.17) is 17.2 Å². The fourth-order valence-corrected chi connectivity index (χ4v) is 5.40. The first-order valence-corrected chi connectivity index (χ1v) is 11.4. The van der Waals surface area contributed by atoms with Gasteiger partial charge in [-0.1, -0.05) is 43.0 Å². The Hall–Kier alpha value is -2.66. The highest BCUT2D eigenvalue weighted by Gasteiger charge is 2.44. The molecule has 3 aromatic rings. The van der Waals surface area contributed by atoms with Crippen LogP contribution >= 0.6 is 12.2 Å². The van der Waals surface area contributed by atoms with Crippen molar-refractivity contribution in [1.82, 2.24) is 19.8 Å². The molecular formula is C25H28N4S. The van der Waals surface area contributed by atoms with Crippen molar-refractivity contribution in [2.24, 2.45) is 0 Å². The van der Waals surface area contributed by atoms with Crippen LogP contribution in [0.4, 0.5) is 0 Å². The molecule has 2 aromatic heterocycles. The van der Waals surface area contributed by atoms with Gasteiger partial charge >= 0.3 is 0 Å². The van der Waals surface area contributed by atoms with Gasteiger partial charge in [-0.15, -0.1) is 0 Å². The maximum Gasteiger partial charge on any atom is 0.170 e. The minimum absolute atomic E-state index is 0.0414. The summed E-state index contributed by atoms with van der Waals surface area (Å²) in [6.45, 7) is 2.13. The van der Waals surface area contributed by atoms with Gasteiger partial charge in [0.25, 0.3) is 0 Å². The Morgan fingerprint density at radius 2 is 1.77 bits per heavy atom. The summed E-state index contributed by atoms with van der Waals surface area (Å²) in [5.74, 6) is 0. The predicted octanol–water partition coefficient (Wildman–Crippen LogP) is 5.49. The molecule has 2 atom stereocenters. The number of thiocarbonyl (C=S) groups is 1. The summed E-state index contributed by atoms with van der Waals surface area (Å²) < 4.78 is 2.31. The Bertz CT molecular complexity index is 1010. The van der Waals surface area contributed by atoms with Crippen LogP contribution in [0.1, 0.15) is 61.1 Å². The highest BCUT2D eigenvalue weighted by molar-refractivity contribution is 7.80. The van der Waals surface area contributed by atoms with Gasteiger partial charge in [0.05, 0.1) is 17.8 Å². The van der Waals surface area contributed by atoms with Gasteiger partial charge in [-0.2, -0.15) is 0 Å². The molecule has 2 fully saturated rings. The van der Waals surface area contributed by atoms with Gasteiger partial charge in [-0.3, -0.25) is 4.98 Å². The number of aryl methyl sites for hydroxylation is 1. The molecule has 2 unspecified atom stereocenters. The van der Waals surface area contributed by atoms with Crippen LogP contribution in [0, 0.1) is 6.92 Å². The van der Waals surface area contributed by atoms with Crippen molar-refractivity contribution in [2.75, 3.05) is 0 Å². The molecule has 2 aliphatic rings. The first-order chi connectivity index (χ1) is 14.7. The van der Waals surface area contributed by atoms with Crippen molar-refractivity contribution in [3.05, 3.63) is 83.9 Å². The van der Waals surface area contributed by atoms with Crippen LogP contribution < -0.4 is 5.32 Å². The maximum absolute atomic E-state index is 5.90. The van der Waals surface area contributed by atoms with Crippen LogP contribution in [-0.2, 0) is 0 Å². The van der Waals surface area contributed by atoms with Crippen molar-refractivity contribution >= 4 is 17.3 Å². The van der Waals surface area contributed by atoms with E-state index < -0.39 is 0 Å². The molecule has 0 radical (unpaired) electrons. The second-order valence-electron chi connectivity index (χ2n) is 8.46. The molecule has 1 N–H and O–H groups in total. The zero-order valence-electron chi connectivity index (χ0n) is 17.4. The molecule has 3 heterocycles. The molecule has 5 heteroatoms. The van der Waals surface area contributed by atoms with E-state index in [-0.39, 0.29) is 12.1 Å². The van der Waals surface area contributed by atoms with Gasteiger partial charge in [0.1, 0.15) is 0 Å². The third-order valence-electron chi connectivity index (χ3n) is 6.50. The maximum atomic E-state index is 5.90. The zero-order valence-corrected chi connectivity index (χ0v) is 18.2. The van der Waals surface area contributed by atoms with Gasteiger partial charge in [-0.25, -0.2) is 0 Å². The fourth-order valence-electron chi connectivity index (χ4n) is 5.01. The van der Waals surface area contributed by atoms with E-state index in [9.17, 15) is 0 Å². The van der Waals surface area contributed by atoms with Crippen molar-refractivity contribution in [1.29, 1.82) is 0 Å². The van der Waals surface area contributed by atoms with Crippen molar-refractivity contribution in [2.45, 2.75) is 57.2 Å². The van der Waals surface area contributed by atoms with E-state index >= 15 is 0 Å². The average molecular weight is 417 g/mol. The van der Waals surface area contributed by atoms with Crippen molar-refractivity contribution in [3.63, 3.8) is 0 Å². The van der Waals surface area contributed by atoms with Gasteiger partial charge in [0, 0.05) is 29.8 Å². The summed E-state index contributed by atoms with van der Waals surface area (Å²) in [6, 6.07) is 19.9. The summed E-state index contributed by atoms with van der Waals surface area (Å²) in [7, 11) is 0. The number of rotatable bonds is 4. The van der Waals surface area contributed by atoms with Gasteiger partial charge in [-0.05, 0) is 68.4 Å². The molecule has 154 valence electrons. The van der Waals surface area contributed by atoms with Crippen LogP contribution in [0.5, 0.6) is 0 Å². The molecule has 1 saturated heterocycles. The largest absolute Gasteiger partial charge is 0.352 e. The highest BCUT2D eigenvalue weighted by Crippen LogP contribution is 2.43. The third kappa shape index (κ3) is 3.52. The lowest BCUT2D eigenvalue weighted by Crippen LogP contribution is -2.40. The standard InChI is InChI=1S/C25H28N4S/c1-18-12-14-19(15-13-18)28-17-7-11-22(28)24-23(21-10-5-6-16-26-21)27-25(30)29(24)20-8-3-2-4-9-20/h5-7,10-17,20,23-24H,2-4,8-9H2,1H3,(H,27,30). The summed E-state index contributed by atoms with van der Waals surface area (Å²) in [6.07, 6.45) is 10.3. The molecule has 1 aliphatic carbocycles. The first kappa shape index (κ1) is 19.3. The number of pyridine rings is 1. The number of benzene rings is 1. The lowest BCUT2D eigenvalue weighted by atomic mass is 9.92. The van der Waals surface area contributed by atoms with E-state index in [0.717, 1.165) is 10.8 Å². The second-order valence-corrected chi connectivity index (χ2v) is 8.85. The smallest absolute Gasteiger partial charge is 0.170 e. The topological polar surface area (TPSA) is 33.1 Å². The first-order valence-electron chi connectivity index (χ1n) is 11.0. The van der Waals surface area contributed by atoms with Gasteiger partial charge in [0.15, 0.2) is 5.11 Å². The number of nitrogens with zero attached hydrogens (tertiary/aromatic N) is 3. The average Bonchev–Trinajstić information content (AvgIpc) is 3.40. The Morgan fingerprint density at radius 1 is 0.967 bits per heavy atom. The summed E-state index contributed by atoms with van der Waals surface area (Å²) in [4.78, 5) is 7.17. The lowest BCUT2D eigenvalue weighted by molar-refractivity contribution is 0.193. The molecule has 0 bridgehead atoms. The van der Waals surface area contributed by atoms with Crippen molar-refractivity contribution in [3.8, 4) is 5.69 Å². The molecule has 5 rings (SSSR count). The van der Waals surface area contributed by atoms with Crippen molar-refractivity contribution < 1.29 is 0 Å². The second kappa shape index (κ2) is 8.23. The van der Waals surface area contributed by atoms with E-state index in [1.807, 2.05) is 12.3 Å². The lowest BCUT2D eigenvalue weighted by Gasteiger charge is -2.37. The van der Waals surface area contributed by atoms with Crippen LogP contribution in [0.15, 0.2) is 67.0 Å². The van der Waals surface area contributed by atoms with Gasteiger partial charge < -0.3 is 14.8 Å². The molecule has 0 spiro atoms. The minimum atomic E-state index is 0.0414. The number of nitrogens with one attached hydrogen (secondary N) is 1. The number of hydrogen-bond donors (Lipinski definition) is 1. The monoisotopic (exact) mass is 416 g/mol. The van der Waals surface area contributed by atoms with Crippen LogP contribution in [0.25, 0.3) is 5.69 Å². The van der Waals surface area contributed by atoms with Gasteiger partial charge in [0.2, 0.25) is 0 Å². The summed E-state index contributed by atoms with van der Waals surface area (Å²) in [5.41, 5.74) is 4.75. The molecular weight excluding hydrogens is 388 g/mol. The molecule has 1 aliphatic heterocycles. The van der Waals surface area contributed by atoms with Crippen LogP contribution in [0.2, 0.25) is 0 Å². The zero-order chi connectivity index (χ0) is 20.5. The highest BCUT2D eigenvalue weighted by atomic mass is 32.1. The van der Waals surface area contributed by atoms with Crippen LogP contribution in [0.3, 0.4) is 0 Å². The van der Waals surface area contributed by atoms with E-state index in [0.29, 0.717) is 6.04 Å². The Morgan fingerprint density at radius 3 is 2.50 bits per heavy atom. The molecule has 1 saturated carbocycles. The normalized spacial score (nSPS) is 22.3. The SMILES string of the molecule is Cc1ccc(-n2cccc2C2C(c3ccccn3)NC(=S)N2C2CCCCC2)cc1. The quantitative estimate of drug-likeness (QED) is 0.571. The fraction of sp³-hybridized carbons (Fsp3) is 0.360. The Kier molecular flexibility index (Phi) is 5.30. The summed E-state index contributed by atoms with van der Waals surface area (Å²) in [5, 5.41) is 4.49.